The number of amides is 1. The van der Waals surface area contributed by atoms with Crippen molar-refractivity contribution in [3.05, 3.63) is 71.2 Å². The summed E-state index contributed by atoms with van der Waals surface area (Å²) in [6, 6.07) is 13.1. The van der Waals surface area contributed by atoms with Gasteiger partial charge in [0, 0.05) is 5.69 Å². The summed E-state index contributed by atoms with van der Waals surface area (Å²) in [7, 11) is -2.44. The molecule has 1 aromatic heterocycles. The molecule has 0 atom stereocenters. The first-order chi connectivity index (χ1) is 13.7. The largest absolute Gasteiger partial charge is 0.495 e. The van der Waals surface area contributed by atoms with Crippen molar-refractivity contribution in [2.75, 3.05) is 17.1 Å². The van der Waals surface area contributed by atoms with Crippen LogP contribution in [0, 0.1) is 20.8 Å². The van der Waals surface area contributed by atoms with E-state index in [4.69, 9.17) is 9.15 Å². The van der Waals surface area contributed by atoms with Crippen molar-refractivity contribution in [1.29, 1.82) is 0 Å². The molecule has 0 saturated carbocycles. The van der Waals surface area contributed by atoms with Crippen molar-refractivity contribution in [1.82, 2.24) is 0 Å². The Labute approximate surface area is 169 Å². The Balaban J connectivity index is 1.90. The summed E-state index contributed by atoms with van der Waals surface area (Å²) in [4.78, 5) is 12.6. The molecular formula is C21H22N2O5S. The fourth-order valence-electron chi connectivity index (χ4n) is 2.95. The third kappa shape index (κ3) is 4.43. The van der Waals surface area contributed by atoms with Gasteiger partial charge in [-0.1, -0.05) is 18.2 Å². The topological polar surface area (TPSA) is 97.6 Å². The molecule has 1 heterocycles. The number of carbonyl (C=O) groups is 1. The predicted octanol–water partition coefficient (Wildman–Crippen LogP) is 4.27. The number of benzene rings is 2. The summed E-state index contributed by atoms with van der Waals surface area (Å²) in [5.41, 5.74) is 1.63. The van der Waals surface area contributed by atoms with E-state index in [0.29, 0.717) is 39.8 Å². The number of furan rings is 1. The van der Waals surface area contributed by atoms with Crippen molar-refractivity contribution in [2.24, 2.45) is 0 Å². The highest BCUT2D eigenvalue weighted by Crippen LogP contribution is 2.28. The average Bonchev–Trinajstić information content (AvgIpc) is 3.01. The van der Waals surface area contributed by atoms with Crippen LogP contribution >= 0.6 is 0 Å². The zero-order chi connectivity index (χ0) is 21.2. The molecule has 0 saturated heterocycles. The lowest BCUT2D eigenvalue weighted by Crippen LogP contribution is -2.16. The molecule has 0 unspecified atom stereocenters. The average molecular weight is 414 g/mol. The molecule has 152 valence electrons. The van der Waals surface area contributed by atoms with E-state index in [0.717, 1.165) is 0 Å². The quantitative estimate of drug-likeness (QED) is 0.628. The van der Waals surface area contributed by atoms with Gasteiger partial charge in [-0.3, -0.25) is 9.52 Å². The highest BCUT2D eigenvalue weighted by Gasteiger charge is 2.20. The first-order valence-corrected chi connectivity index (χ1v) is 10.3. The number of nitrogens with one attached hydrogen (secondary N) is 2. The third-order valence-electron chi connectivity index (χ3n) is 4.37. The highest BCUT2D eigenvalue weighted by atomic mass is 32.2. The molecule has 0 spiro atoms. The van der Waals surface area contributed by atoms with Gasteiger partial charge < -0.3 is 14.5 Å². The Hall–Kier alpha value is -3.26. The zero-order valence-corrected chi connectivity index (χ0v) is 17.4. The van der Waals surface area contributed by atoms with Crippen LogP contribution in [0.4, 0.5) is 11.4 Å². The predicted molar refractivity (Wildman–Crippen MR) is 111 cm³/mol. The Morgan fingerprint density at radius 2 is 1.76 bits per heavy atom. The first kappa shape index (κ1) is 20.5. The molecule has 8 heteroatoms. The maximum atomic E-state index is 13.0. The molecule has 3 rings (SSSR count). The summed E-state index contributed by atoms with van der Waals surface area (Å²) in [6.45, 7) is 5.14. The number of para-hydroxylation sites is 2. The summed E-state index contributed by atoms with van der Waals surface area (Å²) in [6.07, 6.45) is 0. The number of aryl methyl sites for hydroxylation is 3. The lowest BCUT2D eigenvalue weighted by molar-refractivity contribution is 0.102. The lowest BCUT2D eigenvalue weighted by atomic mass is 10.2. The van der Waals surface area contributed by atoms with E-state index >= 15 is 0 Å². The van der Waals surface area contributed by atoms with E-state index in [9.17, 15) is 13.2 Å². The lowest BCUT2D eigenvalue weighted by Gasteiger charge is -2.14. The molecule has 0 aliphatic rings. The number of methoxy groups -OCH3 is 1. The van der Waals surface area contributed by atoms with Gasteiger partial charge in [-0.25, -0.2) is 8.42 Å². The van der Waals surface area contributed by atoms with Crippen molar-refractivity contribution in [3.8, 4) is 5.75 Å². The second-order valence-electron chi connectivity index (χ2n) is 6.57. The minimum atomic E-state index is -3.90. The third-order valence-corrected chi connectivity index (χ3v) is 5.88. The van der Waals surface area contributed by atoms with Crippen molar-refractivity contribution >= 4 is 27.3 Å². The van der Waals surface area contributed by atoms with Crippen LogP contribution in [-0.4, -0.2) is 21.4 Å². The monoisotopic (exact) mass is 414 g/mol. The van der Waals surface area contributed by atoms with Crippen LogP contribution in [0.25, 0.3) is 0 Å². The molecule has 1 amide bonds. The fraction of sp³-hybridized carbons (Fsp3) is 0.190. The van der Waals surface area contributed by atoms with E-state index in [1.165, 1.54) is 13.2 Å². The molecule has 0 fully saturated rings. The molecule has 2 N–H and O–H groups in total. The number of anilines is 2. The van der Waals surface area contributed by atoms with Crippen LogP contribution in [0.3, 0.4) is 0 Å². The second kappa shape index (κ2) is 8.00. The number of hydrogen-bond acceptors (Lipinski definition) is 5. The number of carbonyl (C=O) groups excluding carboxylic acids is 1. The number of sulfonamides is 1. The van der Waals surface area contributed by atoms with Crippen molar-refractivity contribution in [3.63, 3.8) is 0 Å². The van der Waals surface area contributed by atoms with E-state index < -0.39 is 10.0 Å². The molecule has 0 bridgehead atoms. The number of ether oxygens (including phenoxy) is 1. The van der Waals surface area contributed by atoms with Crippen molar-refractivity contribution in [2.45, 2.75) is 25.7 Å². The smallest absolute Gasteiger partial charge is 0.262 e. The van der Waals surface area contributed by atoms with Gasteiger partial charge in [0.25, 0.3) is 15.9 Å². The van der Waals surface area contributed by atoms with Crippen molar-refractivity contribution < 1.29 is 22.4 Å². The molecule has 29 heavy (non-hydrogen) atoms. The van der Waals surface area contributed by atoms with Crippen LogP contribution in [0.1, 0.15) is 27.4 Å². The van der Waals surface area contributed by atoms with Crippen LogP contribution in [0.5, 0.6) is 5.75 Å². The van der Waals surface area contributed by atoms with Gasteiger partial charge >= 0.3 is 0 Å². The standard InChI is InChI=1S/C21H22N2O5S/c1-13-9-10-16(22-21(24)17-11-14(2)28-15(17)3)12-20(13)29(25,26)23-18-7-5-6-8-19(18)27-4/h5-12,23H,1-4H3,(H,22,24). The number of rotatable bonds is 6. The van der Waals surface area contributed by atoms with E-state index in [1.807, 2.05) is 0 Å². The fourth-order valence-corrected chi connectivity index (χ4v) is 4.29. The number of hydrogen-bond donors (Lipinski definition) is 2. The van der Waals surface area contributed by atoms with Crippen LogP contribution in [-0.2, 0) is 10.0 Å². The van der Waals surface area contributed by atoms with Crippen LogP contribution in [0.15, 0.2) is 57.8 Å². The van der Waals surface area contributed by atoms with Gasteiger partial charge in [-0.15, -0.1) is 0 Å². The Morgan fingerprint density at radius 1 is 1.03 bits per heavy atom. The minimum absolute atomic E-state index is 0.0568. The SMILES string of the molecule is COc1ccccc1NS(=O)(=O)c1cc(NC(=O)c2cc(C)oc2C)ccc1C. The second-order valence-corrected chi connectivity index (χ2v) is 8.22. The maximum Gasteiger partial charge on any atom is 0.262 e. The Bertz CT molecular complexity index is 1170. The van der Waals surface area contributed by atoms with E-state index in [-0.39, 0.29) is 10.8 Å². The van der Waals surface area contributed by atoms with Gasteiger partial charge in [0.05, 0.1) is 23.3 Å². The normalized spacial score (nSPS) is 11.2. The van der Waals surface area contributed by atoms with Gasteiger partial charge in [-0.05, 0) is 56.7 Å². The summed E-state index contributed by atoms with van der Waals surface area (Å²) >= 11 is 0. The van der Waals surface area contributed by atoms with E-state index in [1.54, 1.807) is 63.2 Å². The Morgan fingerprint density at radius 3 is 2.41 bits per heavy atom. The molecule has 7 nitrogen and oxygen atoms in total. The summed E-state index contributed by atoms with van der Waals surface area (Å²) < 4.78 is 39.0. The van der Waals surface area contributed by atoms with Crippen LogP contribution < -0.4 is 14.8 Å². The van der Waals surface area contributed by atoms with Gasteiger partial charge in [0.1, 0.15) is 17.3 Å². The summed E-state index contributed by atoms with van der Waals surface area (Å²) in [5, 5.41) is 2.72. The van der Waals surface area contributed by atoms with E-state index in [2.05, 4.69) is 10.0 Å². The molecule has 0 aliphatic carbocycles. The minimum Gasteiger partial charge on any atom is -0.495 e. The molecular weight excluding hydrogens is 392 g/mol. The van der Waals surface area contributed by atoms with Gasteiger partial charge in [0.15, 0.2) is 0 Å². The highest BCUT2D eigenvalue weighted by molar-refractivity contribution is 7.92. The zero-order valence-electron chi connectivity index (χ0n) is 16.6. The maximum absolute atomic E-state index is 13.0. The molecule has 2 aromatic carbocycles. The molecule has 0 radical (unpaired) electrons. The molecule has 0 aliphatic heterocycles. The van der Waals surface area contributed by atoms with Gasteiger partial charge in [-0.2, -0.15) is 0 Å². The van der Waals surface area contributed by atoms with Gasteiger partial charge in [0.2, 0.25) is 0 Å². The van der Waals surface area contributed by atoms with Crippen LogP contribution in [0.2, 0.25) is 0 Å². The first-order valence-electron chi connectivity index (χ1n) is 8.86. The Kier molecular flexibility index (Phi) is 5.65. The summed E-state index contributed by atoms with van der Waals surface area (Å²) in [5.74, 6) is 1.16. The molecule has 3 aromatic rings.